The molecule has 1 heterocycles. The predicted molar refractivity (Wildman–Crippen MR) is 204 cm³/mol. The smallest absolute Gasteiger partial charge is 0.0625 e. The first kappa shape index (κ1) is 27.9. The van der Waals surface area contributed by atoms with Crippen molar-refractivity contribution in [2.24, 2.45) is 0 Å². The van der Waals surface area contributed by atoms with E-state index in [4.69, 9.17) is 0 Å². The van der Waals surface area contributed by atoms with Crippen LogP contribution in [0.3, 0.4) is 0 Å². The van der Waals surface area contributed by atoms with E-state index < -0.39 is 0 Å². The van der Waals surface area contributed by atoms with Crippen LogP contribution >= 0.6 is 0 Å². The lowest BCUT2D eigenvalue weighted by molar-refractivity contribution is 1.18. The molecule has 226 valence electrons. The lowest BCUT2D eigenvalue weighted by Crippen LogP contribution is -2.09. The Morgan fingerprint density at radius 3 is 1.50 bits per heavy atom. The van der Waals surface area contributed by atoms with Gasteiger partial charge in [-0.15, -0.1) is 0 Å². The van der Waals surface area contributed by atoms with Crippen LogP contribution in [0.5, 0.6) is 0 Å². The van der Waals surface area contributed by atoms with Crippen molar-refractivity contribution in [2.75, 3.05) is 4.90 Å². The van der Waals surface area contributed by atoms with E-state index in [1.54, 1.807) is 0 Å². The van der Waals surface area contributed by atoms with Crippen molar-refractivity contribution >= 4 is 49.6 Å². The SMILES string of the molecule is c1ccc(-c2c3ccccc3cc3c4ccccc4n(-c4ccc(-c5ccc(N(c6ccccc6)c6ccccc6)cc5)cc4)c23)cc1. The molecule has 0 aliphatic carbocycles. The number of hydrogen-bond donors (Lipinski definition) is 0. The molecular weight excluding hydrogens is 581 g/mol. The Kier molecular flexibility index (Phi) is 6.84. The summed E-state index contributed by atoms with van der Waals surface area (Å²) < 4.78 is 2.45. The third kappa shape index (κ3) is 4.74. The third-order valence-corrected chi connectivity index (χ3v) is 9.36. The van der Waals surface area contributed by atoms with E-state index in [0.717, 1.165) is 22.7 Å². The molecule has 2 heteroatoms. The zero-order valence-electron chi connectivity index (χ0n) is 26.4. The van der Waals surface area contributed by atoms with Crippen LogP contribution in [0, 0.1) is 0 Å². The maximum Gasteiger partial charge on any atom is 0.0625 e. The fraction of sp³-hybridized carbons (Fsp3) is 0. The predicted octanol–water partition coefficient (Wildman–Crippen LogP) is 12.7. The Hall–Kier alpha value is -6.38. The maximum atomic E-state index is 2.45. The van der Waals surface area contributed by atoms with Crippen LogP contribution < -0.4 is 4.90 Å². The van der Waals surface area contributed by atoms with Gasteiger partial charge < -0.3 is 9.47 Å². The summed E-state index contributed by atoms with van der Waals surface area (Å²) in [7, 11) is 0. The molecule has 0 radical (unpaired) electrons. The van der Waals surface area contributed by atoms with Gasteiger partial charge in [-0.2, -0.15) is 0 Å². The molecule has 0 aliphatic heterocycles. The number of hydrogen-bond acceptors (Lipinski definition) is 1. The Morgan fingerprint density at radius 1 is 0.354 bits per heavy atom. The molecule has 0 atom stereocenters. The first-order valence-electron chi connectivity index (χ1n) is 16.4. The summed E-state index contributed by atoms with van der Waals surface area (Å²) in [4.78, 5) is 2.29. The minimum atomic E-state index is 1.12. The molecule has 2 nitrogen and oxygen atoms in total. The molecule has 48 heavy (non-hydrogen) atoms. The topological polar surface area (TPSA) is 8.17 Å². The Bertz CT molecular complexity index is 2470. The number of anilines is 3. The summed E-state index contributed by atoms with van der Waals surface area (Å²) in [6.45, 7) is 0. The van der Waals surface area contributed by atoms with E-state index in [1.165, 1.54) is 54.8 Å². The fourth-order valence-electron chi connectivity index (χ4n) is 7.16. The number of rotatable bonds is 6. The summed E-state index contributed by atoms with van der Waals surface area (Å²) in [5.41, 5.74) is 11.8. The minimum Gasteiger partial charge on any atom is -0.311 e. The molecule has 8 aromatic carbocycles. The molecule has 0 spiro atoms. The van der Waals surface area contributed by atoms with Gasteiger partial charge in [-0.3, -0.25) is 0 Å². The molecule has 0 saturated heterocycles. The molecule has 0 aliphatic rings. The Morgan fingerprint density at radius 2 is 0.854 bits per heavy atom. The summed E-state index contributed by atoms with van der Waals surface area (Å²) in [6, 6.07) is 69.7. The zero-order chi connectivity index (χ0) is 31.9. The van der Waals surface area contributed by atoms with Crippen LogP contribution in [0.15, 0.2) is 194 Å². The van der Waals surface area contributed by atoms with Gasteiger partial charge in [0.05, 0.1) is 11.0 Å². The van der Waals surface area contributed by atoms with Gasteiger partial charge in [-0.25, -0.2) is 0 Å². The zero-order valence-corrected chi connectivity index (χ0v) is 26.4. The van der Waals surface area contributed by atoms with Crippen molar-refractivity contribution in [1.82, 2.24) is 4.57 Å². The largest absolute Gasteiger partial charge is 0.311 e. The average molecular weight is 613 g/mol. The highest BCUT2D eigenvalue weighted by Crippen LogP contribution is 2.43. The average Bonchev–Trinajstić information content (AvgIpc) is 3.49. The van der Waals surface area contributed by atoms with Crippen LogP contribution in [0.1, 0.15) is 0 Å². The van der Waals surface area contributed by atoms with Gasteiger partial charge >= 0.3 is 0 Å². The second-order valence-corrected chi connectivity index (χ2v) is 12.2. The van der Waals surface area contributed by atoms with Gasteiger partial charge in [0.2, 0.25) is 0 Å². The van der Waals surface area contributed by atoms with Crippen LogP contribution in [0.2, 0.25) is 0 Å². The molecule has 0 N–H and O–H groups in total. The van der Waals surface area contributed by atoms with Gasteiger partial charge in [-0.05, 0) is 88.1 Å². The monoisotopic (exact) mass is 612 g/mol. The van der Waals surface area contributed by atoms with E-state index >= 15 is 0 Å². The molecule has 0 saturated carbocycles. The number of benzene rings is 8. The molecule has 1 aromatic heterocycles. The van der Waals surface area contributed by atoms with Crippen LogP contribution in [-0.2, 0) is 0 Å². The first-order valence-corrected chi connectivity index (χ1v) is 16.4. The maximum absolute atomic E-state index is 2.45. The Balaban J connectivity index is 1.16. The summed E-state index contributed by atoms with van der Waals surface area (Å²) >= 11 is 0. The van der Waals surface area contributed by atoms with Crippen LogP contribution in [0.4, 0.5) is 17.1 Å². The van der Waals surface area contributed by atoms with Gasteiger partial charge in [-0.1, -0.05) is 133 Å². The van der Waals surface area contributed by atoms with Crippen molar-refractivity contribution in [1.29, 1.82) is 0 Å². The Labute approximate surface area is 280 Å². The number of nitrogens with zero attached hydrogens (tertiary/aromatic N) is 2. The van der Waals surface area contributed by atoms with Crippen molar-refractivity contribution in [3.63, 3.8) is 0 Å². The molecule has 9 rings (SSSR count). The van der Waals surface area contributed by atoms with E-state index in [2.05, 4.69) is 204 Å². The highest BCUT2D eigenvalue weighted by Gasteiger charge is 2.19. The number of para-hydroxylation sites is 3. The lowest BCUT2D eigenvalue weighted by Gasteiger charge is -2.25. The lowest BCUT2D eigenvalue weighted by atomic mass is 9.95. The van der Waals surface area contributed by atoms with Crippen molar-refractivity contribution < 1.29 is 0 Å². The number of fused-ring (bicyclic) bond motifs is 4. The van der Waals surface area contributed by atoms with Crippen molar-refractivity contribution in [3.8, 4) is 27.9 Å². The number of aromatic nitrogens is 1. The summed E-state index contributed by atoms with van der Waals surface area (Å²) in [5.74, 6) is 0. The highest BCUT2D eigenvalue weighted by atomic mass is 15.1. The molecule has 9 aromatic rings. The first-order chi connectivity index (χ1) is 23.8. The van der Waals surface area contributed by atoms with E-state index in [-0.39, 0.29) is 0 Å². The van der Waals surface area contributed by atoms with Gasteiger partial charge in [0.25, 0.3) is 0 Å². The molecular formula is C46H32N2. The van der Waals surface area contributed by atoms with E-state index in [0.29, 0.717) is 0 Å². The molecule has 0 bridgehead atoms. The van der Waals surface area contributed by atoms with Gasteiger partial charge in [0.15, 0.2) is 0 Å². The third-order valence-electron chi connectivity index (χ3n) is 9.36. The van der Waals surface area contributed by atoms with Crippen molar-refractivity contribution in [3.05, 3.63) is 194 Å². The molecule has 0 unspecified atom stereocenters. The normalized spacial score (nSPS) is 11.3. The standard InChI is InChI=1S/C46H32N2/c1-4-14-35(15-5-1)45-41-21-11-10-16-36(41)32-43-42-22-12-13-23-44(42)48(46(43)45)40-30-26-34(27-31-40)33-24-28-39(29-25-33)47(37-17-6-2-7-18-37)38-19-8-3-9-20-38/h1-32H. The quantitative estimate of drug-likeness (QED) is 0.181. The second-order valence-electron chi connectivity index (χ2n) is 12.2. The second kappa shape index (κ2) is 11.8. The summed E-state index contributed by atoms with van der Waals surface area (Å²) in [6.07, 6.45) is 0. The summed E-state index contributed by atoms with van der Waals surface area (Å²) in [5, 5.41) is 5.04. The van der Waals surface area contributed by atoms with Gasteiger partial charge in [0.1, 0.15) is 0 Å². The molecule has 0 amide bonds. The minimum absolute atomic E-state index is 1.12. The van der Waals surface area contributed by atoms with E-state index in [1.807, 2.05) is 0 Å². The van der Waals surface area contributed by atoms with Crippen LogP contribution in [0.25, 0.3) is 60.5 Å². The van der Waals surface area contributed by atoms with Gasteiger partial charge in [0, 0.05) is 39.1 Å². The fourth-order valence-corrected chi connectivity index (χ4v) is 7.16. The molecule has 0 fully saturated rings. The highest BCUT2D eigenvalue weighted by molar-refractivity contribution is 6.21. The van der Waals surface area contributed by atoms with Crippen LogP contribution in [-0.4, -0.2) is 4.57 Å². The van der Waals surface area contributed by atoms with Crippen molar-refractivity contribution in [2.45, 2.75) is 0 Å². The van der Waals surface area contributed by atoms with E-state index in [9.17, 15) is 0 Å².